The Bertz CT molecular complexity index is 406. The molecule has 7 heteroatoms. The molecular formula is C11H12F4N2O. The zero-order valence-corrected chi connectivity index (χ0v) is 9.35. The summed E-state index contributed by atoms with van der Waals surface area (Å²) in [5.74, 6) is 0. The summed E-state index contributed by atoms with van der Waals surface area (Å²) in [5.41, 5.74) is -0.837. The van der Waals surface area contributed by atoms with Crippen molar-refractivity contribution in [1.29, 1.82) is 0 Å². The third-order valence-corrected chi connectivity index (χ3v) is 2.14. The number of rotatable bonds is 4. The number of halogens is 4. The smallest absolute Gasteiger partial charge is 0.336 e. The van der Waals surface area contributed by atoms with Crippen molar-refractivity contribution in [2.75, 3.05) is 13.2 Å². The highest BCUT2D eigenvalue weighted by Crippen LogP contribution is 2.31. The largest absolute Gasteiger partial charge is 0.416 e. The quantitative estimate of drug-likeness (QED) is 0.806. The Morgan fingerprint density at radius 1 is 1.17 bits per heavy atom. The second kappa shape index (κ2) is 6.23. The van der Waals surface area contributed by atoms with Crippen LogP contribution in [0.3, 0.4) is 0 Å². The van der Waals surface area contributed by atoms with Gasteiger partial charge in [-0.2, -0.15) is 13.2 Å². The Kier molecular flexibility index (Phi) is 4.94. The molecule has 0 aliphatic rings. The number of urea groups is 1. The lowest BCUT2D eigenvalue weighted by Crippen LogP contribution is -2.36. The molecule has 0 unspecified atom stereocenters. The van der Waals surface area contributed by atoms with E-state index in [1.54, 1.807) is 0 Å². The fraction of sp³-hybridized carbons (Fsp3) is 0.364. The van der Waals surface area contributed by atoms with E-state index >= 15 is 0 Å². The van der Waals surface area contributed by atoms with Crippen LogP contribution in [0.5, 0.6) is 0 Å². The van der Waals surface area contributed by atoms with E-state index in [1.165, 1.54) is 18.2 Å². The molecule has 0 heterocycles. The summed E-state index contributed by atoms with van der Waals surface area (Å²) in [6.45, 7) is -1.17. The molecular weight excluding hydrogens is 252 g/mol. The van der Waals surface area contributed by atoms with Gasteiger partial charge in [0.1, 0.15) is 6.67 Å². The van der Waals surface area contributed by atoms with Gasteiger partial charge in [-0.05, 0) is 11.6 Å². The van der Waals surface area contributed by atoms with Crippen molar-refractivity contribution in [1.82, 2.24) is 10.6 Å². The number of hydrogen-bond donors (Lipinski definition) is 2. The van der Waals surface area contributed by atoms with Gasteiger partial charge in [0.15, 0.2) is 0 Å². The number of carbonyl (C=O) groups excluding carboxylic acids is 1. The first-order chi connectivity index (χ1) is 8.45. The van der Waals surface area contributed by atoms with Gasteiger partial charge in [-0.1, -0.05) is 18.2 Å². The summed E-state index contributed by atoms with van der Waals surface area (Å²) in [5, 5.41) is 4.38. The van der Waals surface area contributed by atoms with Crippen LogP contribution in [0.4, 0.5) is 22.4 Å². The summed E-state index contributed by atoms with van der Waals surface area (Å²) in [7, 11) is 0. The van der Waals surface area contributed by atoms with E-state index in [9.17, 15) is 22.4 Å². The van der Waals surface area contributed by atoms with E-state index in [1.807, 2.05) is 0 Å². The molecule has 0 saturated heterocycles. The summed E-state index contributed by atoms with van der Waals surface area (Å²) in [6.07, 6.45) is -4.46. The highest BCUT2D eigenvalue weighted by molar-refractivity contribution is 5.73. The minimum Gasteiger partial charge on any atom is -0.336 e. The average molecular weight is 264 g/mol. The lowest BCUT2D eigenvalue weighted by molar-refractivity contribution is -0.138. The van der Waals surface area contributed by atoms with Gasteiger partial charge in [0.2, 0.25) is 0 Å². The first-order valence-corrected chi connectivity index (χ1v) is 5.18. The van der Waals surface area contributed by atoms with Crippen LogP contribution in [-0.4, -0.2) is 19.3 Å². The number of hydrogen-bond acceptors (Lipinski definition) is 1. The number of alkyl halides is 4. The van der Waals surface area contributed by atoms with Crippen LogP contribution >= 0.6 is 0 Å². The normalized spacial score (nSPS) is 11.1. The molecule has 1 aromatic carbocycles. The molecule has 0 spiro atoms. The predicted octanol–water partition coefficient (Wildman–Crippen LogP) is 2.47. The Morgan fingerprint density at radius 2 is 1.83 bits per heavy atom. The molecule has 1 aromatic rings. The minimum absolute atomic E-state index is 0.0413. The molecule has 0 bridgehead atoms. The van der Waals surface area contributed by atoms with Gasteiger partial charge in [0.05, 0.1) is 5.56 Å². The number of benzene rings is 1. The van der Waals surface area contributed by atoms with Crippen LogP contribution in [-0.2, 0) is 12.7 Å². The molecule has 0 aliphatic heterocycles. The maximum Gasteiger partial charge on any atom is 0.416 e. The molecule has 0 aliphatic carbocycles. The molecule has 0 saturated carbocycles. The van der Waals surface area contributed by atoms with E-state index < -0.39 is 24.4 Å². The average Bonchev–Trinajstić information content (AvgIpc) is 2.33. The fourth-order valence-electron chi connectivity index (χ4n) is 1.35. The number of carbonyl (C=O) groups is 1. The van der Waals surface area contributed by atoms with Crippen molar-refractivity contribution in [2.45, 2.75) is 12.7 Å². The third-order valence-electron chi connectivity index (χ3n) is 2.14. The Morgan fingerprint density at radius 3 is 2.44 bits per heavy atom. The first-order valence-electron chi connectivity index (χ1n) is 5.18. The van der Waals surface area contributed by atoms with E-state index in [0.717, 1.165) is 6.07 Å². The molecule has 0 radical (unpaired) electrons. The van der Waals surface area contributed by atoms with Crippen molar-refractivity contribution < 1.29 is 22.4 Å². The molecule has 2 N–H and O–H groups in total. The third kappa shape index (κ3) is 4.23. The van der Waals surface area contributed by atoms with Crippen LogP contribution in [0.15, 0.2) is 24.3 Å². The van der Waals surface area contributed by atoms with Crippen LogP contribution in [0.2, 0.25) is 0 Å². The molecule has 3 nitrogen and oxygen atoms in total. The second-order valence-corrected chi connectivity index (χ2v) is 3.45. The summed E-state index contributed by atoms with van der Waals surface area (Å²) >= 11 is 0. The highest BCUT2D eigenvalue weighted by atomic mass is 19.4. The Labute approximate surface area is 101 Å². The summed E-state index contributed by atoms with van der Waals surface area (Å²) < 4.78 is 49.5. The first kappa shape index (κ1) is 14.3. The maximum atomic E-state index is 12.6. The summed E-state index contributed by atoms with van der Waals surface area (Å²) in [6, 6.07) is 4.24. The molecule has 0 aromatic heterocycles. The van der Waals surface area contributed by atoms with Crippen LogP contribution < -0.4 is 10.6 Å². The molecule has 0 atom stereocenters. The van der Waals surface area contributed by atoms with Gasteiger partial charge in [0, 0.05) is 13.1 Å². The van der Waals surface area contributed by atoms with E-state index in [0.29, 0.717) is 0 Å². The zero-order valence-electron chi connectivity index (χ0n) is 9.35. The van der Waals surface area contributed by atoms with Crippen molar-refractivity contribution >= 4 is 6.03 Å². The Hall–Kier alpha value is -1.79. The van der Waals surface area contributed by atoms with E-state index in [4.69, 9.17) is 0 Å². The van der Waals surface area contributed by atoms with Crippen molar-refractivity contribution in [3.8, 4) is 0 Å². The minimum atomic E-state index is -4.46. The van der Waals surface area contributed by atoms with Gasteiger partial charge in [-0.3, -0.25) is 0 Å². The fourth-order valence-corrected chi connectivity index (χ4v) is 1.35. The standard InChI is InChI=1S/C11H12F4N2O/c12-5-6-16-10(18)17-7-8-3-1-2-4-9(8)11(13,14)15/h1-4H,5-7H2,(H2,16,17,18). The van der Waals surface area contributed by atoms with Gasteiger partial charge >= 0.3 is 12.2 Å². The zero-order chi connectivity index (χ0) is 13.6. The van der Waals surface area contributed by atoms with Crippen molar-refractivity contribution in [3.05, 3.63) is 35.4 Å². The summed E-state index contributed by atoms with van der Waals surface area (Å²) in [4.78, 5) is 11.1. The number of amides is 2. The van der Waals surface area contributed by atoms with Crippen LogP contribution in [0, 0.1) is 0 Å². The lowest BCUT2D eigenvalue weighted by atomic mass is 10.1. The predicted molar refractivity (Wildman–Crippen MR) is 57.7 cm³/mol. The van der Waals surface area contributed by atoms with Gasteiger partial charge in [-0.25, -0.2) is 9.18 Å². The number of nitrogens with one attached hydrogen (secondary N) is 2. The van der Waals surface area contributed by atoms with E-state index in [-0.39, 0.29) is 18.7 Å². The van der Waals surface area contributed by atoms with Gasteiger partial charge < -0.3 is 10.6 Å². The van der Waals surface area contributed by atoms with E-state index in [2.05, 4.69) is 10.6 Å². The highest BCUT2D eigenvalue weighted by Gasteiger charge is 2.32. The Balaban J connectivity index is 2.65. The second-order valence-electron chi connectivity index (χ2n) is 3.45. The molecule has 18 heavy (non-hydrogen) atoms. The molecule has 1 rings (SSSR count). The van der Waals surface area contributed by atoms with Crippen molar-refractivity contribution in [3.63, 3.8) is 0 Å². The van der Waals surface area contributed by atoms with Crippen LogP contribution in [0.1, 0.15) is 11.1 Å². The van der Waals surface area contributed by atoms with Crippen molar-refractivity contribution in [2.24, 2.45) is 0 Å². The van der Waals surface area contributed by atoms with Crippen LogP contribution in [0.25, 0.3) is 0 Å². The topological polar surface area (TPSA) is 41.1 Å². The lowest BCUT2D eigenvalue weighted by Gasteiger charge is -2.13. The molecule has 0 fully saturated rings. The SMILES string of the molecule is O=C(NCCF)NCc1ccccc1C(F)(F)F. The monoisotopic (exact) mass is 264 g/mol. The maximum absolute atomic E-state index is 12.6. The molecule has 2 amide bonds. The molecule has 100 valence electrons. The van der Waals surface area contributed by atoms with Gasteiger partial charge in [-0.15, -0.1) is 0 Å². The van der Waals surface area contributed by atoms with Gasteiger partial charge in [0.25, 0.3) is 0 Å².